The van der Waals surface area contributed by atoms with Crippen LogP contribution in [0.3, 0.4) is 0 Å². The van der Waals surface area contributed by atoms with Crippen LogP contribution >= 0.6 is 11.3 Å². The van der Waals surface area contributed by atoms with Crippen molar-refractivity contribution in [3.63, 3.8) is 0 Å². The molecule has 2 N–H and O–H groups in total. The summed E-state index contributed by atoms with van der Waals surface area (Å²) in [6.07, 6.45) is 0. The van der Waals surface area contributed by atoms with Crippen LogP contribution in [0, 0.1) is 0 Å². The molecule has 0 bridgehead atoms. The van der Waals surface area contributed by atoms with Crippen molar-refractivity contribution in [3.8, 4) is 0 Å². The van der Waals surface area contributed by atoms with Crippen molar-refractivity contribution in [2.24, 2.45) is 0 Å². The number of carbonyl (C=O) groups is 2. The maximum atomic E-state index is 12.2. The van der Waals surface area contributed by atoms with E-state index in [2.05, 4.69) is 21.6 Å². The van der Waals surface area contributed by atoms with Gasteiger partial charge in [0.1, 0.15) is 0 Å². The largest absolute Gasteiger partial charge is 0.379 e. The van der Waals surface area contributed by atoms with E-state index in [0.29, 0.717) is 26.3 Å². The van der Waals surface area contributed by atoms with E-state index in [1.165, 1.54) is 4.88 Å². The highest BCUT2D eigenvalue weighted by atomic mass is 32.1. The fourth-order valence-corrected chi connectivity index (χ4v) is 3.77. The molecule has 7 heteroatoms. The minimum absolute atomic E-state index is 0.0600. The standard InChI is InChI=1S/C19H23N3O3S/c23-18(20-13-15-5-2-1-3-6-15)19(24)21-14-16(17-7-4-12-26-17)22-8-10-25-11-9-22/h1-7,12,16H,8-11,13-14H2,(H,20,23)(H,21,24). The van der Waals surface area contributed by atoms with Gasteiger partial charge in [-0.3, -0.25) is 14.5 Å². The van der Waals surface area contributed by atoms with Crippen LogP contribution in [0.5, 0.6) is 0 Å². The number of carbonyl (C=O) groups excluding carboxylic acids is 2. The van der Waals surface area contributed by atoms with Crippen LogP contribution in [0.25, 0.3) is 0 Å². The van der Waals surface area contributed by atoms with E-state index in [0.717, 1.165) is 18.7 Å². The molecular weight excluding hydrogens is 350 g/mol. The topological polar surface area (TPSA) is 70.7 Å². The van der Waals surface area contributed by atoms with Gasteiger partial charge in [-0.2, -0.15) is 0 Å². The Morgan fingerprint density at radius 2 is 1.77 bits per heavy atom. The third kappa shape index (κ3) is 5.14. The summed E-state index contributed by atoms with van der Waals surface area (Å²) < 4.78 is 5.42. The molecule has 26 heavy (non-hydrogen) atoms. The average molecular weight is 373 g/mol. The van der Waals surface area contributed by atoms with Gasteiger partial charge in [0.15, 0.2) is 0 Å². The first kappa shape index (κ1) is 18.6. The number of hydrogen-bond acceptors (Lipinski definition) is 5. The Balaban J connectivity index is 1.52. The molecule has 1 aromatic heterocycles. The lowest BCUT2D eigenvalue weighted by Crippen LogP contribution is -2.46. The van der Waals surface area contributed by atoms with Gasteiger partial charge >= 0.3 is 11.8 Å². The van der Waals surface area contributed by atoms with E-state index in [4.69, 9.17) is 4.74 Å². The van der Waals surface area contributed by atoms with Crippen LogP contribution in [0.15, 0.2) is 47.8 Å². The Labute approximate surface area is 157 Å². The zero-order valence-corrected chi connectivity index (χ0v) is 15.3. The first-order valence-electron chi connectivity index (χ1n) is 8.69. The molecule has 6 nitrogen and oxygen atoms in total. The summed E-state index contributed by atoms with van der Waals surface area (Å²) in [4.78, 5) is 27.7. The van der Waals surface area contributed by atoms with Crippen molar-refractivity contribution >= 4 is 23.2 Å². The lowest BCUT2D eigenvalue weighted by Gasteiger charge is -2.34. The highest BCUT2D eigenvalue weighted by Gasteiger charge is 2.25. The van der Waals surface area contributed by atoms with Crippen LogP contribution in [-0.2, 0) is 20.9 Å². The van der Waals surface area contributed by atoms with E-state index >= 15 is 0 Å². The monoisotopic (exact) mass is 373 g/mol. The highest BCUT2D eigenvalue weighted by Crippen LogP contribution is 2.25. The molecule has 2 amide bonds. The summed E-state index contributed by atoms with van der Waals surface area (Å²) in [5.74, 6) is -1.21. The van der Waals surface area contributed by atoms with Gasteiger partial charge in [0.05, 0.1) is 19.3 Å². The first-order valence-corrected chi connectivity index (χ1v) is 9.57. The maximum absolute atomic E-state index is 12.2. The fraction of sp³-hybridized carbons (Fsp3) is 0.368. The summed E-state index contributed by atoms with van der Waals surface area (Å²) in [5, 5.41) is 7.46. The van der Waals surface area contributed by atoms with Crippen LogP contribution in [0.1, 0.15) is 16.5 Å². The smallest absolute Gasteiger partial charge is 0.309 e. The van der Waals surface area contributed by atoms with E-state index in [1.54, 1.807) is 11.3 Å². The Morgan fingerprint density at radius 3 is 2.46 bits per heavy atom. The van der Waals surface area contributed by atoms with E-state index in [1.807, 2.05) is 41.8 Å². The second-order valence-corrected chi connectivity index (χ2v) is 7.04. The predicted octanol–water partition coefficient (Wildman–Crippen LogP) is 1.55. The molecule has 1 unspecified atom stereocenters. The molecule has 0 saturated carbocycles. The number of morpholine rings is 1. The number of ether oxygens (including phenoxy) is 1. The zero-order valence-electron chi connectivity index (χ0n) is 14.5. The Hall–Kier alpha value is -2.22. The van der Waals surface area contributed by atoms with Crippen molar-refractivity contribution in [1.29, 1.82) is 0 Å². The molecule has 1 aliphatic heterocycles. The Morgan fingerprint density at radius 1 is 1.04 bits per heavy atom. The van der Waals surface area contributed by atoms with Gasteiger partial charge in [-0.15, -0.1) is 11.3 Å². The van der Waals surface area contributed by atoms with Gasteiger partial charge < -0.3 is 15.4 Å². The van der Waals surface area contributed by atoms with Crippen molar-refractivity contribution in [2.45, 2.75) is 12.6 Å². The van der Waals surface area contributed by atoms with Gasteiger partial charge in [0.25, 0.3) is 0 Å². The fourth-order valence-electron chi connectivity index (χ4n) is 2.91. The highest BCUT2D eigenvalue weighted by molar-refractivity contribution is 7.10. The van der Waals surface area contributed by atoms with E-state index in [-0.39, 0.29) is 6.04 Å². The number of amides is 2. The first-order chi connectivity index (χ1) is 12.7. The van der Waals surface area contributed by atoms with Crippen LogP contribution < -0.4 is 10.6 Å². The quantitative estimate of drug-likeness (QED) is 0.754. The summed E-state index contributed by atoms with van der Waals surface area (Å²) in [5.41, 5.74) is 0.957. The van der Waals surface area contributed by atoms with Crippen LogP contribution in [-0.4, -0.2) is 49.6 Å². The molecule has 1 aliphatic rings. The number of nitrogens with zero attached hydrogens (tertiary/aromatic N) is 1. The molecule has 138 valence electrons. The van der Waals surface area contributed by atoms with Gasteiger partial charge in [-0.1, -0.05) is 36.4 Å². The minimum Gasteiger partial charge on any atom is -0.379 e. The number of benzene rings is 1. The van der Waals surface area contributed by atoms with Gasteiger partial charge in [0, 0.05) is 31.1 Å². The maximum Gasteiger partial charge on any atom is 0.309 e. The third-order valence-electron chi connectivity index (χ3n) is 4.32. The third-order valence-corrected chi connectivity index (χ3v) is 5.29. The van der Waals surface area contributed by atoms with Gasteiger partial charge in [0.2, 0.25) is 0 Å². The summed E-state index contributed by atoms with van der Waals surface area (Å²) >= 11 is 1.66. The van der Waals surface area contributed by atoms with Crippen molar-refractivity contribution < 1.29 is 14.3 Å². The van der Waals surface area contributed by atoms with Crippen molar-refractivity contribution in [3.05, 3.63) is 58.3 Å². The Kier molecular flexibility index (Phi) is 6.76. The molecule has 0 spiro atoms. The molecule has 1 atom stereocenters. The predicted molar refractivity (Wildman–Crippen MR) is 101 cm³/mol. The molecule has 2 aromatic rings. The molecule has 1 aromatic carbocycles. The van der Waals surface area contributed by atoms with Crippen molar-refractivity contribution in [2.75, 3.05) is 32.8 Å². The second-order valence-electron chi connectivity index (χ2n) is 6.06. The number of thiophene rings is 1. The summed E-state index contributed by atoms with van der Waals surface area (Å²) in [6, 6.07) is 13.6. The second kappa shape index (κ2) is 9.47. The lowest BCUT2D eigenvalue weighted by molar-refractivity contribution is -0.139. The molecule has 1 fully saturated rings. The average Bonchev–Trinajstić information content (AvgIpc) is 3.22. The normalized spacial score (nSPS) is 16.0. The number of rotatable bonds is 6. The zero-order chi connectivity index (χ0) is 18.2. The van der Waals surface area contributed by atoms with Gasteiger partial charge in [-0.25, -0.2) is 0 Å². The SMILES string of the molecule is O=C(NCc1ccccc1)C(=O)NCC(c1cccs1)N1CCOCC1. The molecule has 0 aliphatic carbocycles. The minimum atomic E-state index is -0.610. The number of nitrogens with one attached hydrogen (secondary N) is 2. The lowest BCUT2D eigenvalue weighted by atomic mass is 10.2. The van der Waals surface area contributed by atoms with Crippen LogP contribution in [0.2, 0.25) is 0 Å². The van der Waals surface area contributed by atoms with E-state index < -0.39 is 11.8 Å². The van der Waals surface area contributed by atoms with E-state index in [9.17, 15) is 9.59 Å². The molecule has 0 radical (unpaired) electrons. The summed E-state index contributed by atoms with van der Waals surface area (Å²) in [7, 11) is 0. The van der Waals surface area contributed by atoms with Crippen LogP contribution in [0.4, 0.5) is 0 Å². The Bertz CT molecular complexity index is 700. The molecule has 2 heterocycles. The van der Waals surface area contributed by atoms with Crippen molar-refractivity contribution in [1.82, 2.24) is 15.5 Å². The molecular formula is C19H23N3O3S. The number of hydrogen-bond donors (Lipinski definition) is 2. The molecule has 3 rings (SSSR count). The summed E-state index contributed by atoms with van der Waals surface area (Å²) in [6.45, 7) is 3.75. The van der Waals surface area contributed by atoms with Gasteiger partial charge in [-0.05, 0) is 17.0 Å². The molecule has 1 saturated heterocycles.